The fourth-order valence-electron chi connectivity index (χ4n) is 3.61. The highest BCUT2D eigenvalue weighted by Gasteiger charge is 2.33. The summed E-state index contributed by atoms with van der Waals surface area (Å²) in [6, 6.07) is 8.74. The first-order valence-corrected chi connectivity index (χ1v) is 10.9. The van der Waals surface area contributed by atoms with Gasteiger partial charge in [0.1, 0.15) is 0 Å². The van der Waals surface area contributed by atoms with Gasteiger partial charge in [-0.05, 0) is 24.5 Å². The predicted octanol–water partition coefficient (Wildman–Crippen LogP) is 0.922. The summed E-state index contributed by atoms with van der Waals surface area (Å²) >= 11 is 0. The van der Waals surface area contributed by atoms with E-state index in [1.807, 2.05) is 30.3 Å². The van der Waals surface area contributed by atoms with Crippen molar-refractivity contribution in [2.75, 3.05) is 39.3 Å². The van der Waals surface area contributed by atoms with E-state index in [9.17, 15) is 18.0 Å². The highest BCUT2D eigenvalue weighted by Crippen LogP contribution is 2.20. The van der Waals surface area contributed by atoms with Crippen LogP contribution >= 0.6 is 0 Å². The van der Waals surface area contributed by atoms with Gasteiger partial charge in [-0.15, -0.1) is 0 Å². The predicted molar refractivity (Wildman–Crippen MR) is 106 cm³/mol. The third-order valence-corrected chi connectivity index (χ3v) is 6.79. The number of rotatable bonds is 4. The van der Waals surface area contributed by atoms with Crippen LogP contribution in [-0.4, -0.2) is 73.7 Å². The molecule has 2 aliphatic rings. The number of amides is 3. The number of piperidine rings is 1. The molecule has 1 aromatic carbocycles. The van der Waals surface area contributed by atoms with Crippen molar-refractivity contribution < 1.29 is 18.0 Å². The Balaban J connectivity index is 1.55. The lowest BCUT2D eigenvalue weighted by atomic mass is 9.96. The number of sulfonamides is 1. The van der Waals surface area contributed by atoms with Gasteiger partial charge in [-0.3, -0.25) is 4.79 Å². The van der Waals surface area contributed by atoms with E-state index >= 15 is 0 Å². The Kier molecular flexibility index (Phi) is 6.35. The normalized spacial score (nSPS) is 21.8. The standard InChI is InChI=1S/C19H26N4O4S/c20-19(25)22-9-4-7-17(15-22)18(24)21-10-12-23(13-11-21)28(26,27)14-8-16-5-2-1-3-6-16/h1-3,5-6,8,14,17H,4,7,9-13,15H2,(H2,20,25)/b14-8+/t17-/m0/s1. The number of hydrogen-bond acceptors (Lipinski definition) is 4. The lowest BCUT2D eigenvalue weighted by molar-refractivity contribution is -0.138. The van der Waals surface area contributed by atoms with Crippen molar-refractivity contribution >= 4 is 28.0 Å². The third kappa shape index (κ3) is 4.90. The van der Waals surface area contributed by atoms with Gasteiger partial charge in [0.05, 0.1) is 5.92 Å². The van der Waals surface area contributed by atoms with E-state index in [1.165, 1.54) is 14.6 Å². The van der Waals surface area contributed by atoms with E-state index in [1.54, 1.807) is 11.0 Å². The molecule has 3 rings (SSSR count). The van der Waals surface area contributed by atoms with Crippen LogP contribution in [0.1, 0.15) is 18.4 Å². The van der Waals surface area contributed by atoms with Gasteiger partial charge in [-0.1, -0.05) is 30.3 Å². The quantitative estimate of drug-likeness (QED) is 0.803. The minimum absolute atomic E-state index is 0.0252. The van der Waals surface area contributed by atoms with Crippen molar-refractivity contribution in [1.82, 2.24) is 14.1 Å². The first kappa shape index (κ1) is 20.3. The van der Waals surface area contributed by atoms with Gasteiger partial charge >= 0.3 is 6.03 Å². The van der Waals surface area contributed by atoms with Crippen LogP contribution in [-0.2, 0) is 14.8 Å². The van der Waals surface area contributed by atoms with Crippen molar-refractivity contribution in [2.45, 2.75) is 12.8 Å². The van der Waals surface area contributed by atoms with E-state index in [4.69, 9.17) is 5.73 Å². The summed E-state index contributed by atoms with van der Waals surface area (Å²) in [6.45, 7) is 2.15. The lowest BCUT2D eigenvalue weighted by Gasteiger charge is -2.38. The Bertz CT molecular complexity index is 833. The second kappa shape index (κ2) is 8.74. The molecule has 0 radical (unpaired) electrons. The van der Waals surface area contributed by atoms with Crippen LogP contribution in [0.15, 0.2) is 35.7 Å². The molecule has 0 saturated carbocycles. The van der Waals surface area contributed by atoms with Gasteiger partial charge in [0.15, 0.2) is 0 Å². The summed E-state index contributed by atoms with van der Waals surface area (Å²) < 4.78 is 26.5. The van der Waals surface area contributed by atoms with Crippen molar-refractivity contribution in [3.8, 4) is 0 Å². The molecule has 0 spiro atoms. The Hall–Kier alpha value is -2.39. The fourth-order valence-corrected chi connectivity index (χ4v) is 4.79. The van der Waals surface area contributed by atoms with Crippen LogP contribution in [0.25, 0.3) is 6.08 Å². The largest absolute Gasteiger partial charge is 0.351 e. The highest BCUT2D eigenvalue weighted by atomic mass is 32.2. The second-order valence-electron chi connectivity index (χ2n) is 7.11. The molecule has 0 aliphatic carbocycles. The number of hydrogen-bond donors (Lipinski definition) is 1. The minimum atomic E-state index is -3.53. The molecule has 9 heteroatoms. The first-order chi connectivity index (χ1) is 13.4. The van der Waals surface area contributed by atoms with E-state index in [-0.39, 0.29) is 24.9 Å². The van der Waals surface area contributed by atoms with E-state index < -0.39 is 16.1 Å². The van der Waals surface area contributed by atoms with Crippen molar-refractivity contribution in [2.24, 2.45) is 11.7 Å². The summed E-state index contributed by atoms with van der Waals surface area (Å²) in [5.74, 6) is -0.287. The number of likely N-dealkylation sites (tertiary alicyclic amines) is 1. The molecular weight excluding hydrogens is 380 g/mol. The van der Waals surface area contributed by atoms with Crippen molar-refractivity contribution in [3.63, 3.8) is 0 Å². The van der Waals surface area contributed by atoms with Gasteiger partial charge in [-0.2, -0.15) is 4.31 Å². The molecule has 2 N–H and O–H groups in total. The number of nitrogens with zero attached hydrogens (tertiary/aromatic N) is 3. The van der Waals surface area contributed by atoms with Gasteiger partial charge in [0.25, 0.3) is 0 Å². The van der Waals surface area contributed by atoms with Gasteiger partial charge < -0.3 is 15.5 Å². The SMILES string of the molecule is NC(=O)N1CCC[C@H](C(=O)N2CCN(S(=O)(=O)/C=C/c3ccccc3)CC2)C1. The van der Waals surface area contributed by atoms with E-state index in [0.717, 1.165) is 18.4 Å². The number of carbonyl (C=O) groups is 2. The van der Waals surface area contributed by atoms with Gasteiger partial charge in [0, 0.05) is 44.7 Å². The summed E-state index contributed by atoms with van der Waals surface area (Å²) in [5, 5.41) is 1.21. The third-order valence-electron chi connectivity index (χ3n) is 5.22. The van der Waals surface area contributed by atoms with Crippen molar-refractivity contribution in [3.05, 3.63) is 41.3 Å². The summed E-state index contributed by atoms with van der Waals surface area (Å²) in [5.41, 5.74) is 6.14. The topological polar surface area (TPSA) is 104 Å². The molecule has 0 aromatic heterocycles. The summed E-state index contributed by atoms with van der Waals surface area (Å²) in [6.07, 6.45) is 3.05. The van der Waals surface area contributed by atoms with Crippen molar-refractivity contribution in [1.29, 1.82) is 0 Å². The summed E-state index contributed by atoms with van der Waals surface area (Å²) in [7, 11) is -3.53. The number of piperazine rings is 1. The average molecular weight is 407 g/mol. The number of urea groups is 1. The van der Waals surface area contributed by atoms with Crippen LogP contribution < -0.4 is 5.73 Å². The van der Waals surface area contributed by atoms with E-state index in [2.05, 4.69) is 0 Å². The molecule has 2 fully saturated rings. The fraction of sp³-hybridized carbons (Fsp3) is 0.474. The number of primary amides is 1. The number of carbonyl (C=O) groups excluding carboxylic acids is 2. The molecule has 1 atom stereocenters. The molecule has 3 amide bonds. The molecule has 0 bridgehead atoms. The van der Waals surface area contributed by atoms with Crippen LogP contribution in [0.3, 0.4) is 0 Å². The molecule has 2 heterocycles. The molecular formula is C19H26N4O4S. The minimum Gasteiger partial charge on any atom is -0.351 e. The molecule has 2 saturated heterocycles. The Morgan fingerprint density at radius 2 is 1.68 bits per heavy atom. The van der Waals surface area contributed by atoms with E-state index in [0.29, 0.717) is 26.2 Å². The Morgan fingerprint density at radius 3 is 2.32 bits per heavy atom. The Morgan fingerprint density at radius 1 is 1.00 bits per heavy atom. The monoisotopic (exact) mass is 406 g/mol. The zero-order valence-electron chi connectivity index (χ0n) is 15.7. The maximum Gasteiger partial charge on any atom is 0.314 e. The molecule has 2 aliphatic heterocycles. The maximum atomic E-state index is 12.8. The smallest absolute Gasteiger partial charge is 0.314 e. The van der Waals surface area contributed by atoms with Crippen LogP contribution in [0, 0.1) is 5.92 Å². The summed E-state index contributed by atoms with van der Waals surface area (Å²) in [4.78, 5) is 27.3. The molecule has 8 nitrogen and oxygen atoms in total. The number of nitrogens with two attached hydrogens (primary N) is 1. The van der Waals surface area contributed by atoms with Crippen LogP contribution in [0.5, 0.6) is 0 Å². The molecule has 0 unspecified atom stereocenters. The zero-order valence-corrected chi connectivity index (χ0v) is 16.6. The Labute approximate surface area is 165 Å². The maximum absolute atomic E-state index is 12.8. The molecule has 152 valence electrons. The van der Waals surface area contributed by atoms with Gasteiger partial charge in [-0.25, -0.2) is 13.2 Å². The lowest BCUT2D eigenvalue weighted by Crippen LogP contribution is -2.54. The van der Waals surface area contributed by atoms with Gasteiger partial charge in [0.2, 0.25) is 15.9 Å². The first-order valence-electron chi connectivity index (χ1n) is 9.43. The molecule has 1 aromatic rings. The number of benzene rings is 1. The van der Waals surface area contributed by atoms with Crippen LogP contribution in [0.4, 0.5) is 4.79 Å². The van der Waals surface area contributed by atoms with Crippen LogP contribution in [0.2, 0.25) is 0 Å². The average Bonchev–Trinajstić information content (AvgIpc) is 2.73. The molecule has 28 heavy (non-hydrogen) atoms. The highest BCUT2D eigenvalue weighted by molar-refractivity contribution is 7.92. The zero-order chi connectivity index (χ0) is 20.1. The second-order valence-corrected chi connectivity index (χ2v) is 8.92.